The lowest BCUT2D eigenvalue weighted by molar-refractivity contribution is -0.114. The summed E-state index contributed by atoms with van der Waals surface area (Å²) in [4.78, 5) is 37.6. The number of nitrogens with one attached hydrogen (secondary N) is 1. The minimum Gasteiger partial charge on any atom is -0.493 e. The first kappa shape index (κ1) is 23.3. The summed E-state index contributed by atoms with van der Waals surface area (Å²) >= 11 is 0. The topological polar surface area (TPSA) is 118 Å². The molecule has 0 fully saturated rings. The van der Waals surface area contributed by atoms with E-state index >= 15 is 0 Å². The van der Waals surface area contributed by atoms with Gasteiger partial charge in [0.15, 0.2) is 17.2 Å². The van der Waals surface area contributed by atoms with Gasteiger partial charge in [-0.05, 0) is 18.2 Å². The standard InChI is InChI=1S/C23H23N3O7/c1-13(27)24-16-12-18(31-3)17(30-2)11-15(16)20-19(22(28)32-4)21(23(29)33-5)26(25-20)14-9-7-6-8-10-14/h6-12H,1-5H3,(H,24,27). The number of benzene rings is 2. The van der Waals surface area contributed by atoms with E-state index < -0.39 is 11.9 Å². The molecule has 2 aromatic carbocycles. The van der Waals surface area contributed by atoms with Crippen LogP contribution in [-0.4, -0.2) is 56.1 Å². The first-order chi connectivity index (χ1) is 15.9. The van der Waals surface area contributed by atoms with Crippen molar-refractivity contribution in [3.05, 3.63) is 53.7 Å². The van der Waals surface area contributed by atoms with Crippen molar-refractivity contribution in [3.8, 4) is 28.4 Å². The molecule has 10 nitrogen and oxygen atoms in total. The Bertz CT molecular complexity index is 1200. The number of aromatic nitrogens is 2. The second kappa shape index (κ2) is 9.86. The summed E-state index contributed by atoms with van der Waals surface area (Å²) in [6.07, 6.45) is 0. The SMILES string of the molecule is COC(=O)c1c(-c2cc(OC)c(OC)cc2NC(C)=O)nn(-c2ccccc2)c1C(=O)OC. The largest absolute Gasteiger partial charge is 0.493 e. The van der Waals surface area contributed by atoms with Gasteiger partial charge < -0.3 is 24.3 Å². The lowest BCUT2D eigenvalue weighted by Gasteiger charge is -2.15. The summed E-state index contributed by atoms with van der Waals surface area (Å²) in [5.41, 5.74) is 0.926. The maximum absolute atomic E-state index is 12.9. The number of para-hydroxylation sites is 1. The van der Waals surface area contributed by atoms with Crippen LogP contribution in [0.2, 0.25) is 0 Å². The molecular formula is C23H23N3O7. The van der Waals surface area contributed by atoms with Crippen LogP contribution in [0.4, 0.5) is 5.69 Å². The summed E-state index contributed by atoms with van der Waals surface area (Å²) in [6.45, 7) is 1.34. The van der Waals surface area contributed by atoms with E-state index in [2.05, 4.69) is 10.4 Å². The van der Waals surface area contributed by atoms with Crippen LogP contribution in [0.1, 0.15) is 27.8 Å². The van der Waals surface area contributed by atoms with Crippen LogP contribution in [0.5, 0.6) is 11.5 Å². The van der Waals surface area contributed by atoms with Gasteiger partial charge in [-0.1, -0.05) is 18.2 Å². The van der Waals surface area contributed by atoms with E-state index in [0.29, 0.717) is 28.4 Å². The molecule has 0 spiro atoms. The van der Waals surface area contributed by atoms with Gasteiger partial charge >= 0.3 is 11.9 Å². The zero-order chi connectivity index (χ0) is 24.1. The number of hydrogen-bond acceptors (Lipinski definition) is 8. The number of nitrogens with zero attached hydrogens (tertiary/aromatic N) is 2. The predicted molar refractivity (Wildman–Crippen MR) is 119 cm³/mol. The van der Waals surface area contributed by atoms with Gasteiger partial charge in [-0.2, -0.15) is 5.10 Å². The molecular weight excluding hydrogens is 430 g/mol. The third kappa shape index (κ3) is 4.49. The van der Waals surface area contributed by atoms with Gasteiger partial charge in [0.25, 0.3) is 0 Å². The average Bonchev–Trinajstić information content (AvgIpc) is 3.23. The number of rotatable bonds is 7. The van der Waals surface area contributed by atoms with Crippen LogP contribution < -0.4 is 14.8 Å². The maximum Gasteiger partial charge on any atom is 0.357 e. The third-order valence-electron chi connectivity index (χ3n) is 4.74. The molecule has 3 rings (SSSR count). The van der Waals surface area contributed by atoms with Crippen molar-refractivity contribution in [2.45, 2.75) is 6.92 Å². The predicted octanol–water partition coefficient (Wildman–Crippen LogP) is 3.09. The molecule has 1 N–H and O–H groups in total. The second-order valence-electron chi connectivity index (χ2n) is 6.74. The molecule has 0 radical (unpaired) electrons. The maximum atomic E-state index is 12.9. The molecule has 0 aliphatic heterocycles. The Balaban J connectivity index is 2.44. The summed E-state index contributed by atoms with van der Waals surface area (Å²) < 4.78 is 21.9. The van der Waals surface area contributed by atoms with Crippen molar-refractivity contribution in [2.75, 3.05) is 33.8 Å². The number of carbonyl (C=O) groups is 3. The number of esters is 2. The molecule has 1 heterocycles. The van der Waals surface area contributed by atoms with E-state index in [0.717, 1.165) is 0 Å². The Labute approximate surface area is 190 Å². The van der Waals surface area contributed by atoms with E-state index in [9.17, 15) is 14.4 Å². The number of hydrogen-bond donors (Lipinski definition) is 1. The number of amides is 1. The van der Waals surface area contributed by atoms with E-state index in [-0.39, 0.29) is 22.9 Å². The molecule has 1 amide bonds. The van der Waals surface area contributed by atoms with E-state index in [1.165, 1.54) is 46.1 Å². The lowest BCUT2D eigenvalue weighted by Crippen LogP contribution is -2.15. The van der Waals surface area contributed by atoms with Crippen LogP contribution >= 0.6 is 0 Å². The van der Waals surface area contributed by atoms with E-state index in [4.69, 9.17) is 18.9 Å². The van der Waals surface area contributed by atoms with Gasteiger partial charge in [-0.3, -0.25) is 4.79 Å². The number of anilines is 1. The molecule has 3 aromatic rings. The van der Waals surface area contributed by atoms with E-state index in [1.54, 1.807) is 36.4 Å². The Morgan fingerprint density at radius 2 is 1.48 bits per heavy atom. The first-order valence-electron chi connectivity index (χ1n) is 9.75. The quantitative estimate of drug-likeness (QED) is 0.542. The van der Waals surface area contributed by atoms with Gasteiger partial charge in [-0.15, -0.1) is 0 Å². The van der Waals surface area contributed by atoms with Crippen LogP contribution in [0.25, 0.3) is 16.9 Å². The molecule has 0 aliphatic rings. The number of methoxy groups -OCH3 is 4. The van der Waals surface area contributed by atoms with Crippen molar-refractivity contribution in [1.29, 1.82) is 0 Å². The second-order valence-corrected chi connectivity index (χ2v) is 6.74. The van der Waals surface area contributed by atoms with Gasteiger partial charge in [0.2, 0.25) is 5.91 Å². The lowest BCUT2D eigenvalue weighted by atomic mass is 10.0. The molecule has 1 aromatic heterocycles. The first-order valence-corrected chi connectivity index (χ1v) is 9.75. The Kier molecular flexibility index (Phi) is 6.97. The molecule has 0 bridgehead atoms. The average molecular weight is 453 g/mol. The molecule has 33 heavy (non-hydrogen) atoms. The highest BCUT2D eigenvalue weighted by molar-refractivity contribution is 6.08. The molecule has 0 atom stereocenters. The highest BCUT2D eigenvalue weighted by atomic mass is 16.5. The van der Waals surface area contributed by atoms with Crippen molar-refractivity contribution in [3.63, 3.8) is 0 Å². The van der Waals surface area contributed by atoms with Gasteiger partial charge in [-0.25, -0.2) is 14.3 Å². The van der Waals surface area contributed by atoms with Gasteiger partial charge in [0.05, 0.1) is 39.8 Å². The summed E-state index contributed by atoms with van der Waals surface area (Å²) in [5.74, 6) is -1.29. The number of ether oxygens (including phenoxy) is 4. The summed E-state index contributed by atoms with van der Waals surface area (Å²) in [5, 5.41) is 7.26. The Morgan fingerprint density at radius 3 is 2.03 bits per heavy atom. The van der Waals surface area contributed by atoms with Crippen molar-refractivity contribution >= 4 is 23.5 Å². The van der Waals surface area contributed by atoms with E-state index in [1.807, 2.05) is 0 Å². The summed E-state index contributed by atoms with van der Waals surface area (Å²) in [7, 11) is 5.29. The third-order valence-corrected chi connectivity index (χ3v) is 4.74. The smallest absolute Gasteiger partial charge is 0.357 e. The Hall–Kier alpha value is -4.34. The number of carbonyl (C=O) groups excluding carboxylic acids is 3. The minimum atomic E-state index is -0.809. The van der Waals surface area contributed by atoms with Crippen molar-refractivity contribution in [1.82, 2.24) is 9.78 Å². The zero-order valence-corrected chi connectivity index (χ0v) is 18.8. The highest BCUT2D eigenvalue weighted by Crippen LogP contribution is 2.41. The molecule has 0 saturated heterocycles. The van der Waals surface area contributed by atoms with Crippen LogP contribution in [0.15, 0.2) is 42.5 Å². The molecule has 0 aliphatic carbocycles. The van der Waals surface area contributed by atoms with Crippen molar-refractivity contribution in [2.24, 2.45) is 0 Å². The normalized spacial score (nSPS) is 10.3. The molecule has 172 valence electrons. The van der Waals surface area contributed by atoms with Crippen molar-refractivity contribution < 1.29 is 33.3 Å². The Morgan fingerprint density at radius 1 is 0.879 bits per heavy atom. The fraction of sp³-hybridized carbons (Fsp3) is 0.217. The monoisotopic (exact) mass is 453 g/mol. The van der Waals surface area contributed by atoms with Gasteiger partial charge in [0, 0.05) is 18.6 Å². The molecule has 0 unspecified atom stereocenters. The molecule has 0 saturated carbocycles. The molecule has 10 heteroatoms. The fourth-order valence-electron chi connectivity index (χ4n) is 3.31. The van der Waals surface area contributed by atoms with Gasteiger partial charge in [0.1, 0.15) is 11.3 Å². The fourth-order valence-corrected chi connectivity index (χ4v) is 3.31. The van der Waals surface area contributed by atoms with Crippen LogP contribution in [0.3, 0.4) is 0 Å². The minimum absolute atomic E-state index is 0.0795. The van der Waals surface area contributed by atoms with Crippen LogP contribution in [-0.2, 0) is 14.3 Å². The summed E-state index contributed by atoms with van der Waals surface area (Å²) in [6, 6.07) is 11.8. The zero-order valence-electron chi connectivity index (χ0n) is 18.8. The van der Waals surface area contributed by atoms with Crippen LogP contribution in [0, 0.1) is 0 Å². The highest BCUT2D eigenvalue weighted by Gasteiger charge is 2.33.